The van der Waals surface area contributed by atoms with Gasteiger partial charge in [0.25, 0.3) is 5.91 Å². The summed E-state index contributed by atoms with van der Waals surface area (Å²) >= 11 is 0. The Morgan fingerprint density at radius 1 is 1.35 bits per heavy atom. The molecule has 7 nitrogen and oxygen atoms in total. The molecular weight excluding hydrogens is 358 g/mol. The van der Waals surface area contributed by atoms with Gasteiger partial charge in [-0.15, -0.1) is 0 Å². The van der Waals surface area contributed by atoms with Crippen molar-refractivity contribution in [2.75, 3.05) is 24.7 Å². The number of phenols is 1. The first-order chi connectivity index (χ1) is 12.1. The van der Waals surface area contributed by atoms with Gasteiger partial charge < -0.3 is 14.7 Å². The predicted octanol–water partition coefficient (Wildman–Crippen LogP) is 1.53. The van der Waals surface area contributed by atoms with Crippen LogP contribution in [0.5, 0.6) is 5.75 Å². The third-order valence-corrected chi connectivity index (χ3v) is 6.05. The highest BCUT2D eigenvalue weighted by atomic mass is 32.2. The van der Waals surface area contributed by atoms with Gasteiger partial charge in [0, 0.05) is 12.6 Å². The summed E-state index contributed by atoms with van der Waals surface area (Å²) in [5, 5.41) is 9.67. The van der Waals surface area contributed by atoms with Gasteiger partial charge in [-0.05, 0) is 37.0 Å². The third-order valence-electron chi connectivity index (χ3n) is 4.30. The quantitative estimate of drug-likeness (QED) is 0.748. The number of rotatable bonds is 6. The Hall–Kier alpha value is -2.09. The molecule has 8 heteroatoms. The lowest BCUT2D eigenvalue weighted by Gasteiger charge is -2.29. The van der Waals surface area contributed by atoms with Crippen LogP contribution in [-0.2, 0) is 19.4 Å². The highest BCUT2D eigenvalue weighted by Crippen LogP contribution is 2.20. The van der Waals surface area contributed by atoms with Gasteiger partial charge in [-0.1, -0.05) is 19.9 Å². The summed E-state index contributed by atoms with van der Waals surface area (Å²) in [5.74, 6) is -0.967. The van der Waals surface area contributed by atoms with Crippen LogP contribution in [0.4, 0.5) is 0 Å². The normalized spacial score (nSPS) is 18.7. The number of carbonyl (C=O) groups excluding carboxylic acids is 2. The van der Waals surface area contributed by atoms with Crippen molar-refractivity contribution in [1.29, 1.82) is 0 Å². The average molecular weight is 383 g/mol. The molecule has 0 saturated carbocycles. The Balaban J connectivity index is 2.02. The molecule has 1 aromatic rings. The van der Waals surface area contributed by atoms with Gasteiger partial charge in [-0.25, -0.2) is 13.2 Å². The van der Waals surface area contributed by atoms with E-state index in [9.17, 15) is 23.1 Å². The number of esters is 1. The fourth-order valence-corrected chi connectivity index (χ4v) is 4.63. The van der Waals surface area contributed by atoms with Crippen LogP contribution in [0, 0.1) is 12.8 Å². The van der Waals surface area contributed by atoms with Gasteiger partial charge in [0.05, 0.1) is 17.1 Å². The third kappa shape index (κ3) is 5.20. The molecule has 144 valence electrons. The minimum Gasteiger partial charge on any atom is -0.508 e. The first-order valence-corrected chi connectivity index (χ1v) is 10.4. The summed E-state index contributed by atoms with van der Waals surface area (Å²) in [5.41, 5.74) is 0.780. The van der Waals surface area contributed by atoms with Crippen LogP contribution >= 0.6 is 0 Å². The largest absolute Gasteiger partial charge is 0.508 e. The van der Waals surface area contributed by atoms with Crippen molar-refractivity contribution >= 4 is 21.7 Å². The molecule has 1 heterocycles. The monoisotopic (exact) mass is 383 g/mol. The van der Waals surface area contributed by atoms with Crippen LogP contribution in [0.15, 0.2) is 18.2 Å². The van der Waals surface area contributed by atoms with E-state index in [-0.39, 0.29) is 34.8 Å². The molecule has 1 fully saturated rings. The van der Waals surface area contributed by atoms with Gasteiger partial charge in [0.15, 0.2) is 16.4 Å². The molecule has 26 heavy (non-hydrogen) atoms. The lowest BCUT2D eigenvalue weighted by Crippen LogP contribution is -2.45. The highest BCUT2D eigenvalue weighted by molar-refractivity contribution is 7.91. The van der Waals surface area contributed by atoms with Crippen molar-refractivity contribution in [2.24, 2.45) is 5.92 Å². The highest BCUT2D eigenvalue weighted by Gasteiger charge is 2.35. The molecule has 1 amide bonds. The standard InChI is InChI=1S/C18H25NO6S/c1-12(2)9-19(15-6-7-26(23,24)11-15)17(21)10-25-18(22)14-5-4-13(3)16(20)8-14/h4-5,8,12,15,20H,6-7,9-11H2,1-3H3. The van der Waals surface area contributed by atoms with Crippen molar-refractivity contribution in [3.8, 4) is 5.75 Å². The van der Waals surface area contributed by atoms with E-state index in [0.717, 1.165) is 0 Å². The molecular formula is C18H25NO6S. The van der Waals surface area contributed by atoms with E-state index in [1.54, 1.807) is 13.0 Å². The molecule has 1 aliphatic rings. The zero-order valence-corrected chi connectivity index (χ0v) is 16.1. The average Bonchev–Trinajstić information content (AvgIpc) is 2.92. The van der Waals surface area contributed by atoms with E-state index in [1.165, 1.54) is 17.0 Å². The van der Waals surface area contributed by atoms with Crippen molar-refractivity contribution in [3.63, 3.8) is 0 Å². The first kappa shape index (κ1) is 20.2. The number of amides is 1. The Kier molecular flexibility index (Phi) is 6.28. The van der Waals surface area contributed by atoms with E-state index in [2.05, 4.69) is 0 Å². The van der Waals surface area contributed by atoms with Crippen molar-refractivity contribution < 1.29 is 27.9 Å². The van der Waals surface area contributed by atoms with Gasteiger partial charge >= 0.3 is 5.97 Å². The van der Waals surface area contributed by atoms with Gasteiger partial charge in [-0.2, -0.15) is 0 Å². The Morgan fingerprint density at radius 2 is 2.04 bits per heavy atom. The number of carbonyl (C=O) groups is 2. The summed E-state index contributed by atoms with van der Waals surface area (Å²) in [7, 11) is -3.12. The second-order valence-corrected chi connectivity index (χ2v) is 9.30. The zero-order chi connectivity index (χ0) is 19.5. The molecule has 1 unspecified atom stereocenters. The van der Waals surface area contributed by atoms with Crippen molar-refractivity contribution in [2.45, 2.75) is 33.2 Å². The van der Waals surface area contributed by atoms with Crippen LogP contribution in [0.3, 0.4) is 0 Å². The zero-order valence-electron chi connectivity index (χ0n) is 15.3. The number of sulfone groups is 1. The summed E-state index contributed by atoms with van der Waals surface area (Å²) in [6, 6.07) is 4.01. The van der Waals surface area contributed by atoms with Gasteiger partial charge in [0.2, 0.25) is 0 Å². The molecule has 1 N–H and O–H groups in total. The maximum atomic E-state index is 12.5. The lowest BCUT2D eigenvalue weighted by molar-refractivity contribution is -0.137. The fraction of sp³-hybridized carbons (Fsp3) is 0.556. The molecule has 0 aliphatic carbocycles. The number of hydrogen-bond acceptors (Lipinski definition) is 6. The van der Waals surface area contributed by atoms with E-state index in [0.29, 0.717) is 18.5 Å². The van der Waals surface area contributed by atoms with E-state index in [1.807, 2.05) is 13.8 Å². The minimum absolute atomic E-state index is 0.0247. The number of hydrogen-bond donors (Lipinski definition) is 1. The molecule has 1 atom stereocenters. The topological polar surface area (TPSA) is 101 Å². The van der Waals surface area contributed by atoms with Crippen LogP contribution in [0.1, 0.15) is 36.2 Å². The molecule has 1 aliphatic heterocycles. The van der Waals surface area contributed by atoms with Gasteiger partial charge in [-0.3, -0.25) is 4.79 Å². The second kappa shape index (κ2) is 8.07. The smallest absolute Gasteiger partial charge is 0.338 e. The molecule has 0 radical (unpaired) electrons. The minimum atomic E-state index is -3.12. The van der Waals surface area contributed by atoms with E-state index < -0.39 is 28.3 Å². The Morgan fingerprint density at radius 3 is 2.58 bits per heavy atom. The van der Waals surface area contributed by atoms with Crippen LogP contribution in [0.2, 0.25) is 0 Å². The molecule has 0 aromatic heterocycles. The Bertz CT molecular complexity index is 787. The molecule has 1 aromatic carbocycles. The predicted molar refractivity (Wildman–Crippen MR) is 96.7 cm³/mol. The number of phenolic OH excluding ortho intramolecular Hbond substituents is 1. The molecule has 1 saturated heterocycles. The van der Waals surface area contributed by atoms with Crippen LogP contribution < -0.4 is 0 Å². The van der Waals surface area contributed by atoms with Crippen LogP contribution in [0.25, 0.3) is 0 Å². The number of aromatic hydroxyl groups is 1. The number of benzene rings is 1. The first-order valence-electron chi connectivity index (χ1n) is 8.55. The molecule has 0 bridgehead atoms. The molecule has 2 rings (SSSR count). The molecule has 0 spiro atoms. The van der Waals surface area contributed by atoms with E-state index in [4.69, 9.17) is 4.74 Å². The lowest BCUT2D eigenvalue weighted by atomic mass is 10.1. The summed E-state index contributed by atoms with van der Waals surface area (Å²) in [6.45, 7) is 5.52. The van der Waals surface area contributed by atoms with Gasteiger partial charge in [0.1, 0.15) is 5.75 Å². The maximum Gasteiger partial charge on any atom is 0.338 e. The Labute approximate surface area is 153 Å². The summed E-state index contributed by atoms with van der Waals surface area (Å²) in [6.07, 6.45) is 0.403. The SMILES string of the molecule is Cc1ccc(C(=O)OCC(=O)N(CC(C)C)C2CCS(=O)(=O)C2)cc1O. The fourth-order valence-electron chi connectivity index (χ4n) is 2.90. The maximum absolute atomic E-state index is 12.5. The number of ether oxygens (including phenoxy) is 1. The van der Waals surface area contributed by atoms with E-state index >= 15 is 0 Å². The van der Waals surface area contributed by atoms with Crippen molar-refractivity contribution in [3.05, 3.63) is 29.3 Å². The number of aryl methyl sites for hydroxylation is 1. The summed E-state index contributed by atoms with van der Waals surface area (Å²) in [4.78, 5) is 26.1. The second-order valence-electron chi connectivity index (χ2n) is 7.07. The van der Waals surface area contributed by atoms with Crippen LogP contribution in [-0.4, -0.2) is 61.0 Å². The summed E-state index contributed by atoms with van der Waals surface area (Å²) < 4.78 is 28.5. The van der Waals surface area contributed by atoms with Crippen molar-refractivity contribution in [1.82, 2.24) is 4.90 Å². The number of nitrogens with zero attached hydrogens (tertiary/aromatic N) is 1.